The Morgan fingerprint density at radius 1 is 1.41 bits per heavy atom. The molecule has 1 unspecified atom stereocenters. The van der Waals surface area contributed by atoms with E-state index in [0.29, 0.717) is 18.5 Å². The highest BCUT2D eigenvalue weighted by Crippen LogP contribution is 2.27. The molecule has 0 radical (unpaired) electrons. The highest BCUT2D eigenvalue weighted by atomic mass is 16.2. The monoisotopic (exact) mass is 301 g/mol. The van der Waals surface area contributed by atoms with Crippen molar-refractivity contribution in [1.82, 2.24) is 31.1 Å². The Kier molecular flexibility index (Phi) is 4.05. The normalized spacial score (nSPS) is 17.8. The first-order valence-corrected chi connectivity index (χ1v) is 6.86. The van der Waals surface area contributed by atoms with Crippen LogP contribution in [-0.4, -0.2) is 32.0 Å². The summed E-state index contributed by atoms with van der Waals surface area (Å²) in [4.78, 5) is 23.3. The second kappa shape index (κ2) is 6.31. The van der Waals surface area contributed by atoms with Crippen LogP contribution in [-0.2, 0) is 16.1 Å². The molecule has 2 amide bonds. The number of benzene rings is 1. The molecule has 1 aromatic carbocycles. The van der Waals surface area contributed by atoms with E-state index in [4.69, 9.17) is 0 Å². The predicted octanol–water partition coefficient (Wildman–Crippen LogP) is -0.233. The van der Waals surface area contributed by atoms with Gasteiger partial charge in [-0.1, -0.05) is 18.2 Å². The van der Waals surface area contributed by atoms with Crippen LogP contribution in [0.15, 0.2) is 30.6 Å². The van der Waals surface area contributed by atoms with Gasteiger partial charge in [-0.3, -0.25) is 15.0 Å². The third kappa shape index (κ3) is 3.26. The first kappa shape index (κ1) is 14.1. The zero-order chi connectivity index (χ0) is 15.4. The summed E-state index contributed by atoms with van der Waals surface area (Å²) in [6, 6.07) is 7.44. The van der Waals surface area contributed by atoms with Gasteiger partial charge >= 0.3 is 0 Å². The number of hydrogen-bond acceptors (Lipinski definition) is 6. The number of hydrogen-bond donors (Lipinski definition) is 3. The Labute approximate surface area is 126 Å². The van der Waals surface area contributed by atoms with Crippen LogP contribution in [0, 0.1) is 0 Å². The molecular formula is C13H15N7O2. The van der Waals surface area contributed by atoms with Crippen molar-refractivity contribution in [2.75, 3.05) is 5.32 Å². The molecular weight excluding hydrogens is 286 g/mol. The smallest absolute Gasteiger partial charge is 0.246 e. The summed E-state index contributed by atoms with van der Waals surface area (Å²) in [6.45, 7) is 0.0379. The largest absolute Gasteiger partial charge is 0.324 e. The Hall–Kier alpha value is -2.81. The topological polar surface area (TPSA) is 114 Å². The van der Waals surface area contributed by atoms with E-state index in [0.717, 1.165) is 5.56 Å². The Bertz CT molecular complexity index is 661. The second-order valence-corrected chi connectivity index (χ2v) is 4.93. The number of tetrazole rings is 1. The molecule has 1 atom stereocenters. The van der Waals surface area contributed by atoms with E-state index in [1.807, 2.05) is 24.3 Å². The minimum absolute atomic E-state index is 0.0311. The SMILES string of the molecule is O=C1CCC(c2ccccc2NC(=O)Cn2cnnn2)NN1. The van der Waals surface area contributed by atoms with Gasteiger partial charge in [0.25, 0.3) is 0 Å². The van der Waals surface area contributed by atoms with Crippen molar-refractivity contribution in [3.05, 3.63) is 36.2 Å². The maximum Gasteiger partial charge on any atom is 0.246 e. The number of carbonyl (C=O) groups is 2. The molecule has 1 aliphatic heterocycles. The van der Waals surface area contributed by atoms with Crippen LogP contribution >= 0.6 is 0 Å². The van der Waals surface area contributed by atoms with Gasteiger partial charge in [0.2, 0.25) is 11.8 Å². The molecule has 2 heterocycles. The Morgan fingerprint density at radius 3 is 3.00 bits per heavy atom. The van der Waals surface area contributed by atoms with Gasteiger partial charge in [-0.15, -0.1) is 5.10 Å². The molecule has 0 spiro atoms. The number of amides is 2. The van der Waals surface area contributed by atoms with Crippen LogP contribution in [0.25, 0.3) is 0 Å². The summed E-state index contributed by atoms with van der Waals surface area (Å²) in [5, 5.41) is 13.5. The van der Waals surface area contributed by atoms with Crippen molar-refractivity contribution in [2.45, 2.75) is 25.4 Å². The van der Waals surface area contributed by atoms with E-state index in [-0.39, 0.29) is 24.4 Å². The van der Waals surface area contributed by atoms with Gasteiger partial charge in [0.15, 0.2) is 0 Å². The molecule has 9 nitrogen and oxygen atoms in total. The molecule has 1 aromatic heterocycles. The zero-order valence-electron chi connectivity index (χ0n) is 11.7. The van der Waals surface area contributed by atoms with E-state index < -0.39 is 0 Å². The minimum atomic E-state index is -0.223. The highest BCUT2D eigenvalue weighted by molar-refractivity contribution is 5.91. The lowest BCUT2D eigenvalue weighted by atomic mass is 9.99. The molecule has 0 saturated carbocycles. The molecule has 1 aliphatic rings. The maximum absolute atomic E-state index is 12.0. The highest BCUT2D eigenvalue weighted by Gasteiger charge is 2.21. The standard InChI is InChI=1S/C13H15N7O2/c21-12-6-5-11(16-17-12)9-3-1-2-4-10(9)15-13(22)7-20-8-14-18-19-20/h1-4,8,11,16H,5-7H2,(H,15,22)(H,17,21). The first-order valence-electron chi connectivity index (χ1n) is 6.86. The van der Waals surface area contributed by atoms with Crippen molar-refractivity contribution >= 4 is 17.5 Å². The molecule has 114 valence electrons. The van der Waals surface area contributed by atoms with E-state index in [9.17, 15) is 9.59 Å². The van der Waals surface area contributed by atoms with Gasteiger partial charge in [-0.05, 0) is 28.5 Å². The quantitative estimate of drug-likeness (QED) is 0.718. The van der Waals surface area contributed by atoms with Crippen molar-refractivity contribution in [1.29, 1.82) is 0 Å². The van der Waals surface area contributed by atoms with E-state index in [1.54, 1.807) is 0 Å². The van der Waals surface area contributed by atoms with E-state index in [1.165, 1.54) is 11.0 Å². The molecule has 0 bridgehead atoms. The summed E-state index contributed by atoms with van der Waals surface area (Å²) in [7, 11) is 0. The van der Waals surface area contributed by atoms with Gasteiger partial charge in [0.1, 0.15) is 12.9 Å². The van der Waals surface area contributed by atoms with Crippen LogP contribution in [0.4, 0.5) is 5.69 Å². The average molecular weight is 301 g/mol. The summed E-state index contributed by atoms with van der Waals surface area (Å²) >= 11 is 0. The number of anilines is 1. The molecule has 3 N–H and O–H groups in total. The van der Waals surface area contributed by atoms with Gasteiger partial charge in [0, 0.05) is 12.1 Å². The molecule has 22 heavy (non-hydrogen) atoms. The molecule has 1 saturated heterocycles. The van der Waals surface area contributed by atoms with Crippen LogP contribution < -0.4 is 16.2 Å². The maximum atomic E-state index is 12.0. The van der Waals surface area contributed by atoms with Crippen LogP contribution in [0.1, 0.15) is 24.4 Å². The van der Waals surface area contributed by atoms with Crippen molar-refractivity contribution in [3.8, 4) is 0 Å². The third-order valence-electron chi connectivity index (χ3n) is 3.35. The van der Waals surface area contributed by atoms with Crippen LogP contribution in [0.3, 0.4) is 0 Å². The lowest BCUT2D eigenvalue weighted by Crippen LogP contribution is -2.44. The predicted molar refractivity (Wildman–Crippen MR) is 76.1 cm³/mol. The lowest BCUT2D eigenvalue weighted by Gasteiger charge is -2.26. The molecule has 3 rings (SSSR count). The van der Waals surface area contributed by atoms with Crippen molar-refractivity contribution < 1.29 is 9.59 Å². The number of nitrogens with zero attached hydrogens (tertiary/aromatic N) is 4. The number of aromatic nitrogens is 4. The number of hydrazine groups is 1. The Morgan fingerprint density at radius 2 is 2.27 bits per heavy atom. The fourth-order valence-electron chi connectivity index (χ4n) is 2.32. The molecule has 9 heteroatoms. The van der Waals surface area contributed by atoms with Gasteiger partial charge < -0.3 is 5.32 Å². The number of rotatable bonds is 4. The third-order valence-corrected chi connectivity index (χ3v) is 3.35. The number of carbonyl (C=O) groups excluding carboxylic acids is 2. The lowest BCUT2D eigenvalue weighted by molar-refractivity contribution is -0.124. The number of nitrogens with one attached hydrogen (secondary N) is 3. The van der Waals surface area contributed by atoms with Gasteiger partial charge in [0.05, 0.1) is 6.04 Å². The molecule has 1 fully saturated rings. The Balaban J connectivity index is 1.71. The fraction of sp³-hybridized carbons (Fsp3) is 0.308. The van der Waals surface area contributed by atoms with Crippen molar-refractivity contribution in [3.63, 3.8) is 0 Å². The second-order valence-electron chi connectivity index (χ2n) is 4.93. The van der Waals surface area contributed by atoms with E-state index in [2.05, 4.69) is 31.7 Å². The number of para-hydroxylation sites is 1. The summed E-state index contributed by atoms with van der Waals surface area (Å²) in [6.07, 6.45) is 2.50. The van der Waals surface area contributed by atoms with Crippen molar-refractivity contribution in [2.24, 2.45) is 0 Å². The fourth-order valence-corrected chi connectivity index (χ4v) is 2.32. The summed E-state index contributed by atoms with van der Waals surface area (Å²) in [5.74, 6) is -0.254. The summed E-state index contributed by atoms with van der Waals surface area (Å²) < 4.78 is 1.34. The van der Waals surface area contributed by atoms with Crippen LogP contribution in [0.5, 0.6) is 0 Å². The first-order chi connectivity index (χ1) is 10.7. The van der Waals surface area contributed by atoms with Crippen LogP contribution in [0.2, 0.25) is 0 Å². The average Bonchev–Trinajstić information content (AvgIpc) is 3.01. The summed E-state index contributed by atoms with van der Waals surface area (Å²) in [5.41, 5.74) is 7.20. The van der Waals surface area contributed by atoms with Gasteiger partial charge in [-0.2, -0.15) is 0 Å². The molecule has 0 aliphatic carbocycles. The van der Waals surface area contributed by atoms with Gasteiger partial charge in [-0.25, -0.2) is 10.1 Å². The van der Waals surface area contributed by atoms with E-state index >= 15 is 0 Å². The molecule has 2 aromatic rings. The zero-order valence-corrected chi connectivity index (χ0v) is 11.7. The minimum Gasteiger partial charge on any atom is -0.324 e.